The predicted octanol–water partition coefficient (Wildman–Crippen LogP) is 2.77. The number of pyridine rings is 1. The van der Waals surface area contributed by atoms with Crippen molar-refractivity contribution in [2.75, 3.05) is 6.61 Å². The summed E-state index contributed by atoms with van der Waals surface area (Å²) in [6, 6.07) is 1.36. The lowest BCUT2D eigenvalue weighted by Crippen LogP contribution is -2.02. The highest BCUT2D eigenvalue weighted by molar-refractivity contribution is 9.10. The van der Waals surface area contributed by atoms with Crippen LogP contribution in [0, 0.1) is 11.7 Å². The first-order chi connectivity index (χ1) is 6.25. The summed E-state index contributed by atoms with van der Waals surface area (Å²) < 4.78 is 18.9. The SMILES string of the molecule is Fc1cc(Br)cnc1OCC1CC1. The van der Waals surface area contributed by atoms with Crippen molar-refractivity contribution in [3.8, 4) is 5.88 Å². The van der Waals surface area contributed by atoms with Gasteiger partial charge in [-0.2, -0.15) is 0 Å². The van der Waals surface area contributed by atoms with Gasteiger partial charge in [0.05, 0.1) is 6.61 Å². The summed E-state index contributed by atoms with van der Waals surface area (Å²) in [6.45, 7) is 0.589. The van der Waals surface area contributed by atoms with Crippen molar-refractivity contribution in [3.05, 3.63) is 22.6 Å². The van der Waals surface area contributed by atoms with Crippen LogP contribution >= 0.6 is 15.9 Å². The van der Waals surface area contributed by atoms with Crippen LogP contribution in [-0.4, -0.2) is 11.6 Å². The quantitative estimate of drug-likeness (QED) is 0.818. The van der Waals surface area contributed by atoms with E-state index in [0.717, 1.165) is 0 Å². The molecule has 0 spiro atoms. The van der Waals surface area contributed by atoms with E-state index in [-0.39, 0.29) is 5.88 Å². The summed E-state index contributed by atoms with van der Waals surface area (Å²) in [4.78, 5) is 3.83. The molecular weight excluding hydrogens is 237 g/mol. The molecule has 4 heteroatoms. The molecule has 1 aliphatic rings. The Morgan fingerprint density at radius 3 is 3.00 bits per heavy atom. The molecule has 0 aromatic carbocycles. The Morgan fingerprint density at radius 1 is 1.62 bits per heavy atom. The van der Waals surface area contributed by atoms with E-state index in [1.54, 1.807) is 0 Å². The molecular formula is C9H9BrFNO. The zero-order valence-electron chi connectivity index (χ0n) is 6.96. The first-order valence-corrected chi connectivity index (χ1v) is 4.99. The van der Waals surface area contributed by atoms with Gasteiger partial charge in [-0.05, 0) is 40.8 Å². The Kier molecular flexibility index (Phi) is 2.49. The normalized spacial score (nSPS) is 15.8. The van der Waals surface area contributed by atoms with Gasteiger partial charge in [0.1, 0.15) is 0 Å². The fraction of sp³-hybridized carbons (Fsp3) is 0.444. The molecule has 2 nitrogen and oxygen atoms in total. The van der Waals surface area contributed by atoms with Crippen molar-refractivity contribution in [1.29, 1.82) is 0 Å². The second kappa shape index (κ2) is 3.62. The van der Waals surface area contributed by atoms with Crippen molar-refractivity contribution in [3.63, 3.8) is 0 Å². The Labute approximate surface area is 84.3 Å². The van der Waals surface area contributed by atoms with Gasteiger partial charge >= 0.3 is 0 Å². The van der Waals surface area contributed by atoms with Crippen LogP contribution in [0.2, 0.25) is 0 Å². The van der Waals surface area contributed by atoms with Crippen LogP contribution in [0.5, 0.6) is 5.88 Å². The summed E-state index contributed by atoms with van der Waals surface area (Å²) in [5.41, 5.74) is 0. The fourth-order valence-electron chi connectivity index (χ4n) is 0.990. The zero-order valence-corrected chi connectivity index (χ0v) is 8.55. The maximum Gasteiger partial charge on any atom is 0.250 e. The van der Waals surface area contributed by atoms with Crippen LogP contribution in [0.1, 0.15) is 12.8 Å². The maximum atomic E-state index is 13.1. The molecule has 1 fully saturated rings. The molecule has 2 rings (SSSR count). The van der Waals surface area contributed by atoms with E-state index in [1.807, 2.05) is 0 Å². The minimum atomic E-state index is -0.407. The zero-order chi connectivity index (χ0) is 9.26. The summed E-state index contributed by atoms with van der Waals surface area (Å²) in [7, 11) is 0. The highest BCUT2D eigenvalue weighted by Gasteiger charge is 2.22. The molecule has 0 N–H and O–H groups in total. The number of nitrogens with zero attached hydrogens (tertiary/aromatic N) is 1. The molecule has 0 amide bonds. The molecule has 0 saturated heterocycles. The molecule has 1 heterocycles. The van der Waals surface area contributed by atoms with Crippen LogP contribution in [0.3, 0.4) is 0 Å². The van der Waals surface area contributed by atoms with E-state index in [9.17, 15) is 4.39 Å². The molecule has 1 aromatic heterocycles. The lowest BCUT2D eigenvalue weighted by atomic mass is 10.4. The number of halogens is 2. The smallest absolute Gasteiger partial charge is 0.250 e. The van der Waals surface area contributed by atoms with Crippen LogP contribution in [-0.2, 0) is 0 Å². The highest BCUT2D eigenvalue weighted by Crippen LogP contribution is 2.29. The van der Waals surface area contributed by atoms with E-state index in [4.69, 9.17) is 4.74 Å². The predicted molar refractivity (Wildman–Crippen MR) is 50.1 cm³/mol. The third kappa shape index (κ3) is 2.40. The Bertz CT molecular complexity index is 314. The van der Waals surface area contributed by atoms with Crippen molar-refractivity contribution in [1.82, 2.24) is 4.98 Å². The number of ether oxygens (including phenoxy) is 1. The topological polar surface area (TPSA) is 22.1 Å². The molecule has 0 unspecified atom stereocenters. The fourth-order valence-corrected chi connectivity index (χ4v) is 1.29. The summed E-state index contributed by atoms with van der Waals surface area (Å²) >= 11 is 3.13. The molecule has 0 radical (unpaired) electrons. The van der Waals surface area contributed by atoms with E-state index in [2.05, 4.69) is 20.9 Å². The molecule has 70 valence electrons. The molecule has 0 aliphatic heterocycles. The summed E-state index contributed by atoms with van der Waals surface area (Å²) in [5.74, 6) is 0.315. The van der Waals surface area contributed by atoms with Crippen LogP contribution < -0.4 is 4.74 Å². The highest BCUT2D eigenvalue weighted by atomic mass is 79.9. The number of hydrogen-bond acceptors (Lipinski definition) is 2. The first-order valence-electron chi connectivity index (χ1n) is 4.19. The Balaban J connectivity index is 2.01. The second-order valence-corrected chi connectivity index (χ2v) is 4.11. The van der Waals surface area contributed by atoms with Crippen LogP contribution in [0.25, 0.3) is 0 Å². The largest absolute Gasteiger partial charge is 0.475 e. The molecule has 0 bridgehead atoms. The van der Waals surface area contributed by atoms with Gasteiger partial charge < -0.3 is 4.74 Å². The third-order valence-corrected chi connectivity index (χ3v) is 2.36. The van der Waals surface area contributed by atoms with Gasteiger partial charge in [-0.25, -0.2) is 9.37 Å². The maximum absolute atomic E-state index is 13.1. The van der Waals surface area contributed by atoms with Gasteiger partial charge in [-0.15, -0.1) is 0 Å². The lowest BCUT2D eigenvalue weighted by Gasteiger charge is -2.04. The molecule has 13 heavy (non-hydrogen) atoms. The summed E-state index contributed by atoms with van der Waals surface area (Å²) in [6.07, 6.45) is 3.92. The number of hydrogen-bond donors (Lipinski definition) is 0. The Morgan fingerprint density at radius 2 is 2.38 bits per heavy atom. The number of aromatic nitrogens is 1. The average molecular weight is 246 g/mol. The first kappa shape index (κ1) is 8.94. The molecule has 1 saturated carbocycles. The van der Waals surface area contributed by atoms with Crippen molar-refractivity contribution >= 4 is 15.9 Å². The van der Waals surface area contributed by atoms with Gasteiger partial charge in [0.2, 0.25) is 5.88 Å². The van der Waals surface area contributed by atoms with Gasteiger partial charge in [-0.3, -0.25) is 0 Å². The summed E-state index contributed by atoms with van der Waals surface area (Å²) in [5, 5.41) is 0. The molecule has 1 aromatic rings. The van der Waals surface area contributed by atoms with Gasteiger partial charge in [0.15, 0.2) is 5.82 Å². The van der Waals surface area contributed by atoms with Crippen LogP contribution in [0.15, 0.2) is 16.7 Å². The average Bonchev–Trinajstić information content (AvgIpc) is 2.86. The minimum absolute atomic E-state index is 0.107. The van der Waals surface area contributed by atoms with Gasteiger partial charge in [-0.1, -0.05) is 0 Å². The lowest BCUT2D eigenvalue weighted by molar-refractivity contribution is 0.273. The van der Waals surface area contributed by atoms with Crippen molar-refractivity contribution < 1.29 is 9.13 Å². The monoisotopic (exact) mass is 245 g/mol. The molecule has 0 atom stereocenters. The second-order valence-electron chi connectivity index (χ2n) is 3.19. The van der Waals surface area contributed by atoms with Crippen molar-refractivity contribution in [2.24, 2.45) is 5.92 Å². The van der Waals surface area contributed by atoms with E-state index < -0.39 is 5.82 Å². The van der Waals surface area contributed by atoms with Crippen LogP contribution in [0.4, 0.5) is 4.39 Å². The van der Waals surface area contributed by atoms with E-state index in [0.29, 0.717) is 17.0 Å². The Hall–Kier alpha value is -0.640. The van der Waals surface area contributed by atoms with Crippen molar-refractivity contribution in [2.45, 2.75) is 12.8 Å². The van der Waals surface area contributed by atoms with Gasteiger partial charge in [0, 0.05) is 10.7 Å². The molecule has 1 aliphatic carbocycles. The standard InChI is InChI=1S/C9H9BrFNO/c10-7-3-8(11)9(12-4-7)13-5-6-1-2-6/h3-4,6H,1-2,5H2. The third-order valence-electron chi connectivity index (χ3n) is 1.93. The minimum Gasteiger partial charge on any atom is -0.475 e. The van der Waals surface area contributed by atoms with Gasteiger partial charge in [0.25, 0.3) is 0 Å². The van der Waals surface area contributed by atoms with E-state index in [1.165, 1.54) is 25.1 Å². The number of rotatable bonds is 3. The van der Waals surface area contributed by atoms with E-state index >= 15 is 0 Å².